The van der Waals surface area contributed by atoms with Crippen LogP contribution >= 0.6 is 0 Å². The van der Waals surface area contributed by atoms with E-state index in [2.05, 4.69) is 26.1 Å². The number of hydrogen-bond donors (Lipinski definition) is 1. The predicted octanol–water partition coefficient (Wildman–Crippen LogP) is 3.02. The van der Waals surface area contributed by atoms with Gasteiger partial charge in [-0.05, 0) is 50.9 Å². The molecule has 0 amide bonds. The highest BCUT2D eigenvalue weighted by Crippen LogP contribution is 2.35. The Kier molecular flexibility index (Phi) is 4.58. The maximum Gasteiger partial charge on any atom is 0.123 e. The summed E-state index contributed by atoms with van der Waals surface area (Å²) in [4.78, 5) is 0. The van der Waals surface area contributed by atoms with Crippen molar-refractivity contribution in [3.63, 3.8) is 0 Å². The van der Waals surface area contributed by atoms with Crippen molar-refractivity contribution in [1.29, 1.82) is 0 Å². The van der Waals surface area contributed by atoms with Gasteiger partial charge in [-0.2, -0.15) is 0 Å². The average Bonchev–Trinajstić information content (AvgIpc) is 2.63. The summed E-state index contributed by atoms with van der Waals surface area (Å²) in [7, 11) is 2.00. The van der Waals surface area contributed by atoms with Crippen molar-refractivity contribution >= 4 is 0 Å². The van der Waals surface area contributed by atoms with E-state index in [1.807, 2.05) is 19.2 Å². The van der Waals surface area contributed by atoms with E-state index in [4.69, 9.17) is 4.74 Å². The molecule has 0 bridgehead atoms. The van der Waals surface area contributed by atoms with Gasteiger partial charge in [0.25, 0.3) is 0 Å². The van der Waals surface area contributed by atoms with E-state index in [0.29, 0.717) is 24.0 Å². The van der Waals surface area contributed by atoms with Crippen LogP contribution in [0.15, 0.2) is 24.3 Å². The molecule has 1 aromatic carbocycles. The van der Waals surface area contributed by atoms with Crippen LogP contribution in [-0.2, 0) is 11.2 Å². The molecule has 0 aromatic heterocycles. The smallest absolute Gasteiger partial charge is 0.123 e. The lowest BCUT2D eigenvalue weighted by atomic mass is 9.81. The maximum absolute atomic E-state index is 12.9. The normalized spacial score (nSPS) is 32.5. The molecule has 1 fully saturated rings. The van der Waals surface area contributed by atoms with Crippen molar-refractivity contribution in [3.8, 4) is 0 Å². The molecule has 1 heterocycles. The molecule has 1 aliphatic rings. The molecule has 0 spiro atoms. The Morgan fingerprint density at radius 3 is 2.26 bits per heavy atom. The average molecular weight is 265 g/mol. The van der Waals surface area contributed by atoms with Gasteiger partial charge in [-0.3, -0.25) is 0 Å². The van der Waals surface area contributed by atoms with Crippen LogP contribution in [0.2, 0.25) is 0 Å². The van der Waals surface area contributed by atoms with E-state index in [1.54, 1.807) is 0 Å². The lowest BCUT2D eigenvalue weighted by Gasteiger charge is -2.29. The number of nitrogens with one attached hydrogen (secondary N) is 1. The van der Waals surface area contributed by atoms with Crippen molar-refractivity contribution in [1.82, 2.24) is 5.32 Å². The fraction of sp³-hybridized carbons (Fsp3) is 0.625. The fourth-order valence-corrected chi connectivity index (χ4v) is 3.29. The second-order valence-corrected chi connectivity index (χ2v) is 5.71. The molecule has 1 aliphatic heterocycles. The summed E-state index contributed by atoms with van der Waals surface area (Å²) in [6.07, 6.45) is 1.48. The molecular formula is C16H24FNO. The lowest BCUT2D eigenvalue weighted by Crippen LogP contribution is -2.41. The zero-order valence-corrected chi connectivity index (χ0v) is 12.2. The van der Waals surface area contributed by atoms with Gasteiger partial charge in [0, 0.05) is 12.0 Å². The number of ether oxygens (including phenoxy) is 1. The van der Waals surface area contributed by atoms with E-state index >= 15 is 0 Å². The van der Waals surface area contributed by atoms with E-state index in [1.165, 1.54) is 17.7 Å². The van der Waals surface area contributed by atoms with Crippen molar-refractivity contribution in [3.05, 3.63) is 35.6 Å². The molecule has 106 valence electrons. The molecule has 5 unspecified atom stereocenters. The monoisotopic (exact) mass is 265 g/mol. The minimum Gasteiger partial charge on any atom is -0.375 e. The Balaban J connectivity index is 2.09. The first-order chi connectivity index (χ1) is 9.02. The highest BCUT2D eigenvalue weighted by Gasteiger charge is 2.40. The van der Waals surface area contributed by atoms with Gasteiger partial charge in [-0.15, -0.1) is 0 Å². The molecule has 3 heteroatoms. The Bertz CT molecular complexity index is 406. The summed E-state index contributed by atoms with van der Waals surface area (Å²) in [5, 5.41) is 3.41. The van der Waals surface area contributed by atoms with Gasteiger partial charge in [0.05, 0.1) is 12.2 Å². The molecular weight excluding hydrogens is 241 g/mol. The number of hydrogen-bond acceptors (Lipinski definition) is 2. The van der Waals surface area contributed by atoms with Crippen LogP contribution in [0.1, 0.15) is 26.3 Å². The SMILES string of the molecule is CNC(Cc1ccc(F)cc1)C1C(C)OC(C)C1C. The number of likely N-dealkylation sites (N-methyl/N-ethyl adjacent to an activating group) is 1. The number of halogens is 1. The van der Waals surface area contributed by atoms with Crippen LogP contribution in [0.4, 0.5) is 4.39 Å². The van der Waals surface area contributed by atoms with Crippen molar-refractivity contribution in [2.75, 3.05) is 7.05 Å². The molecule has 2 rings (SSSR count). The first-order valence-electron chi connectivity index (χ1n) is 7.10. The first-order valence-corrected chi connectivity index (χ1v) is 7.10. The van der Waals surface area contributed by atoms with Crippen molar-refractivity contribution in [2.45, 2.75) is 45.4 Å². The van der Waals surface area contributed by atoms with Gasteiger partial charge in [0.15, 0.2) is 0 Å². The highest BCUT2D eigenvalue weighted by atomic mass is 19.1. The molecule has 1 aromatic rings. The van der Waals surface area contributed by atoms with E-state index < -0.39 is 0 Å². The minimum atomic E-state index is -0.177. The first kappa shape index (κ1) is 14.5. The summed E-state index contributed by atoms with van der Waals surface area (Å²) in [6, 6.07) is 7.16. The predicted molar refractivity (Wildman–Crippen MR) is 75.6 cm³/mol. The van der Waals surface area contributed by atoms with Gasteiger partial charge in [0.1, 0.15) is 5.82 Å². The Hall–Kier alpha value is -0.930. The van der Waals surface area contributed by atoms with Gasteiger partial charge < -0.3 is 10.1 Å². The maximum atomic E-state index is 12.9. The molecule has 2 nitrogen and oxygen atoms in total. The van der Waals surface area contributed by atoms with Gasteiger partial charge in [0.2, 0.25) is 0 Å². The molecule has 0 aliphatic carbocycles. The van der Waals surface area contributed by atoms with Crippen LogP contribution in [0.3, 0.4) is 0 Å². The van der Waals surface area contributed by atoms with Crippen LogP contribution < -0.4 is 5.32 Å². The second kappa shape index (κ2) is 6.02. The van der Waals surface area contributed by atoms with Gasteiger partial charge in [-0.1, -0.05) is 19.1 Å². The zero-order chi connectivity index (χ0) is 14.0. The summed E-state index contributed by atoms with van der Waals surface area (Å²) in [6.45, 7) is 6.55. The Morgan fingerprint density at radius 2 is 1.79 bits per heavy atom. The van der Waals surface area contributed by atoms with E-state index in [-0.39, 0.29) is 11.9 Å². The third kappa shape index (κ3) is 3.15. The largest absolute Gasteiger partial charge is 0.375 e. The molecule has 19 heavy (non-hydrogen) atoms. The topological polar surface area (TPSA) is 21.3 Å². The number of benzene rings is 1. The summed E-state index contributed by atoms with van der Waals surface area (Å²) in [5.41, 5.74) is 1.17. The third-order valence-corrected chi connectivity index (χ3v) is 4.52. The van der Waals surface area contributed by atoms with Gasteiger partial charge in [-0.25, -0.2) is 4.39 Å². The van der Waals surface area contributed by atoms with Crippen LogP contribution in [0.25, 0.3) is 0 Å². The standard InChI is InChI=1S/C16H24FNO/c1-10-11(2)19-12(3)16(10)15(18-4)9-13-5-7-14(17)8-6-13/h5-8,10-12,15-16,18H,9H2,1-4H3. The summed E-state index contributed by atoms with van der Waals surface area (Å²) < 4.78 is 18.9. The molecule has 0 radical (unpaired) electrons. The van der Waals surface area contributed by atoms with Crippen LogP contribution in [0.5, 0.6) is 0 Å². The van der Waals surface area contributed by atoms with Crippen molar-refractivity contribution in [2.24, 2.45) is 11.8 Å². The van der Waals surface area contributed by atoms with Gasteiger partial charge >= 0.3 is 0 Å². The Morgan fingerprint density at radius 1 is 1.16 bits per heavy atom. The van der Waals surface area contributed by atoms with E-state index in [0.717, 1.165) is 6.42 Å². The molecule has 1 N–H and O–H groups in total. The lowest BCUT2D eigenvalue weighted by molar-refractivity contribution is 0.0479. The summed E-state index contributed by atoms with van der Waals surface area (Å²) >= 11 is 0. The summed E-state index contributed by atoms with van der Waals surface area (Å²) in [5.74, 6) is 0.849. The van der Waals surface area contributed by atoms with Crippen LogP contribution in [-0.4, -0.2) is 25.3 Å². The Labute approximate surface area is 115 Å². The minimum absolute atomic E-state index is 0.177. The number of rotatable bonds is 4. The molecule has 1 saturated heterocycles. The highest BCUT2D eigenvalue weighted by molar-refractivity contribution is 5.17. The van der Waals surface area contributed by atoms with Crippen LogP contribution in [0, 0.1) is 17.7 Å². The zero-order valence-electron chi connectivity index (χ0n) is 12.2. The molecule has 5 atom stereocenters. The quantitative estimate of drug-likeness (QED) is 0.903. The fourth-order valence-electron chi connectivity index (χ4n) is 3.29. The van der Waals surface area contributed by atoms with E-state index in [9.17, 15) is 4.39 Å². The third-order valence-electron chi connectivity index (χ3n) is 4.52. The second-order valence-electron chi connectivity index (χ2n) is 5.71. The molecule has 0 saturated carbocycles. The van der Waals surface area contributed by atoms with Crippen molar-refractivity contribution < 1.29 is 9.13 Å².